The SMILES string of the molecule is CC(C)C[C@H](NC(=O)[C@@H](O)[C@H](N)Cc1ccccc1)C(C)C. The number of amides is 1. The summed E-state index contributed by atoms with van der Waals surface area (Å²) < 4.78 is 0. The third-order valence-electron chi connectivity index (χ3n) is 3.85. The minimum atomic E-state index is -1.19. The molecule has 0 bridgehead atoms. The third kappa shape index (κ3) is 6.16. The van der Waals surface area contributed by atoms with Crippen molar-refractivity contribution < 1.29 is 9.90 Å². The first-order valence-corrected chi connectivity index (χ1v) is 8.09. The highest BCUT2D eigenvalue weighted by Gasteiger charge is 2.26. The molecule has 0 radical (unpaired) electrons. The van der Waals surface area contributed by atoms with Gasteiger partial charge < -0.3 is 16.2 Å². The van der Waals surface area contributed by atoms with E-state index in [9.17, 15) is 9.90 Å². The molecule has 1 aromatic carbocycles. The number of rotatable bonds is 8. The Hall–Kier alpha value is -1.39. The number of benzene rings is 1. The van der Waals surface area contributed by atoms with Gasteiger partial charge in [-0.25, -0.2) is 0 Å². The first-order valence-electron chi connectivity index (χ1n) is 8.09. The zero-order valence-electron chi connectivity index (χ0n) is 14.1. The standard InChI is InChI=1S/C18H30N2O2/c1-12(2)10-16(13(3)4)20-18(22)17(21)15(19)11-14-8-6-5-7-9-14/h5-9,12-13,15-17,21H,10-11,19H2,1-4H3,(H,20,22)/t15-,16+,17+/m1/s1. The molecule has 0 unspecified atom stereocenters. The highest BCUT2D eigenvalue weighted by atomic mass is 16.3. The zero-order valence-corrected chi connectivity index (χ0v) is 14.1. The molecule has 0 aliphatic rings. The molecule has 0 aliphatic heterocycles. The first kappa shape index (κ1) is 18.7. The van der Waals surface area contributed by atoms with Gasteiger partial charge in [-0.1, -0.05) is 58.0 Å². The minimum Gasteiger partial charge on any atom is -0.382 e. The summed E-state index contributed by atoms with van der Waals surface area (Å²) in [6.07, 6.45) is 0.185. The van der Waals surface area contributed by atoms with Gasteiger partial charge in [0.2, 0.25) is 0 Å². The van der Waals surface area contributed by atoms with E-state index < -0.39 is 12.1 Å². The summed E-state index contributed by atoms with van der Waals surface area (Å²) >= 11 is 0. The van der Waals surface area contributed by atoms with Crippen LogP contribution in [-0.4, -0.2) is 29.2 Å². The van der Waals surface area contributed by atoms with Crippen LogP contribution >= 0.6 is 0 Å². The van der Waals surface area contributed by atoms with Crippen molar-refractivity contribution in [2.24, 2.45) is 17.6 Å². The fourth-order valence-electron chi connectivity index (χ4n) is 2.47. The number of hydrogen-bond donors (Lipinski definition) is 3. The van der Waals surface area contributed by atoms with Crippen LogP contribution in [0.3, 0.4) is 0 Å². The predicted molar refractivity (Wildman–Crippen MR) is 90.4 cm³/mol. The van der Waals surface area contributed by atoms with E-state index in [1.165, 1.54) is 0 Å². The maximum absolute atomic E-state index is 12.2. The largest absolute Gasteiger partial charge is 0.382 e. The van der Waals surface area contributed by atoms with Crippen LogP contribution in [0.15, 0.2) is 30.3 Å². The normalized spacial score (nSPS) is 15.6. The lowest BCUT2D eigenvalue weighted by molar-refractivity contribution is -0.131. The number of aliphatic hydroxyl groups excluding tert-OH is 1. The Morgan fingerprint density at radius 3 is 2.27 bits per heavy atom. The molecule has 3 atom stereocenters. The van der Waals surface area contributed by atoms with E-state index in [1.807, 2.05) is 30.3 Å². The molecule has 124 valence electrons. The first-order chi connectivity index (χ1) is 10.3. The Morgan fingerprint density at radius 1 is 1.18 bits per heavy atom. The van der Waals surface area contributed by atoms with Crippen LogP contribution in [0.1, 0.15) is 39.7 Å². The van der Waals surface area contributed by atoms with E-state index in [-0.39, 0.29) is 11.9 Å². The summed E-state index contributed by atoms with van der Waals surface area (Å²) in [6.45, 7) is 8.39. The molecule has 0 saturated heterocycles. The van der Waals surface area contributed by atoms with Gasteiger partial charge in [-0.3, -0.25) is 4.79 Å². The molecular formula is C18H30N2O2. The average molecular weight is 306 g/mol. The van der Waals surface area contributed by atoms with Gasteiger partial charge >= 0.3 is 0 Å². The second-order valence-corrected chi connectivity index (χ2v) is 6.79. The highest BCUT2D eigenvalue weighted by molar-refractivity contribution is 5.81. The van der Waals surface area contributed by atoms with Crippen LogP contribution in [0.4, 0.5) is 0 Å². The van der Waals surface area contributed by atoms with Gasteiger partial charge in [0.15, 0.2) is 0 Å². The Balaban J connectivity index is 2.59. The molecule has 0 spiro atoms. The van der Waals surface area contributed by atoms with Crippen molar-refractivity contribution in [2.45, 2.75) is 58.7 Å². The van der Waals surface area contributed by atoms with E-state index >= 15 is 0 Å². The van der Waals surface area contributed by atoms with Gasteiger partial charge in [0.05, 0.1) is 0 Å². The molecule has 4 nitrogen and oxygen atoms in total. The number of nitrogens with one attached hydrogen (secondary N) is 1. The lowest BCUT2D eigenvalue weighted by Gasteiger charge is -2.27. The topological polar surface area (TPSA) is 75.3 Å². The third-order valence-corrected chi connectivity index (χ3v) is 3.85. The molecule has 1 rings (SSSR count). The van der Waals surface area contributed by atoms with Crippen molar-refractivity contribution in [3.05, 3.63) is 35.9 Å². The smallest absolute Gasteiger partial charge is 0.250 e. The van der Waals surface area contributed by atoms with E-state index in [4.69, 9.17) is 5.73 Å². The van der Waals surface area contributed by atoms with Crippen molar-refractivity contribution >= 4 is 5.91 Å². The summed E-state index contributed by atoms with van der Waals surface area (Å²) in [5.41, 5.74) is 7.01. The predicted octanol–water partition coefficient (Wildman–Crippen LogP) is 2.10. The monoisotopic (exact) mass is 306 g/mol. The Bertz CT molecular complexity index is 446. The molecule has 4 N–H and O–H groups in total. The van der Waals surface area contributed by atoms with E-state index in [0.29, 0.717) is 18.3 Å². The van der Waals surface area contributed by atoms with E-state index in [2.05, 4.69) is 33.0 Å². The van der Waals surface area contributed by atoms with Crippen LogP contribution < -0.4 is 11.1 Å². The number of hydrogen-bond acceptors (Lipinski definition) is 3. The summed E-state index contributed by atoms with van der Waals surface area (Å²) in [5.74, 6) is 0.439. The molecule has 0 aliphatic carbocycles. The molecule has 22 heavy (non-hydrogen) atoms. The second kappa shape index (κ2) is 8.91. The Labute approximate surface area is 134 Å². The van der Waals surface area contributed by atoms with Crippen LogP contribution in [0.5, 0.6) is 0 Å². The maximum Gasteiger partial charge on any atom is 0.250 e. The fourth-order valence-corrected chi connectivity index (χ4v) is 2.47. The lowest BCUT2D eigenvalue weighted by Crippen LogP contribution is -2.51. The van der Waals surface area contributed by atoms with Gasteiger partial charge in [-0.15, -0.1) is 0 Å². The molecular weight excluding hydrogens is 276 g/mol. The molecule has 0 fully saturated rings. The molecule has 0 saturated carbocycles. The van der Waals surface area contributed by atoms with E-state index in [1.54, 1.807) is 0 Å². The summed E-state index contributed by atoms with van der Waals surface area (Å²) in [7, 11) is 0. The van der Waals surface area contributed by atoms with Gasteiger partial charge in [0, 0.05) is 12.1 Å². The average Bonchev–Trinajstić information content (AvgIpc) is 2.46. The molecule has 0 aromatic heterocycles. The quantitative estimate of drug-likeness (QED) is 0.688. The van der Waals surface area contributed by atoms with Crippen molar-refractivity contribution in [3.63, 3.8) is 0 Å². The molecule has 0 heterocycles. The zero-order chi connectivity index (χ0) is 16.7. The summed E-state index contributed by atoms with van der Waals surface area (Å²) in [5, 5.41) is 13.1. The number of nitrogens with two attached hydrogens (primary N) is 1. The van der Waals surface area contributed by atoms with Crippen molar-refractivity contribution in [1.82, 2.24) is 5.32 Å². The summed E-state index contributed by atoms with van der Waals surface area (Å²) in [6, 6.07) is 9.12. The number of carbonyl (C=O) groups excluding carboxylic acids is 1. The molecule has 1 aromatic rings. The lowest BCUT2D eigenvalue weighted by atomic mass is 9.94. The summed E-state index contributed by atoms with van der Waals surface area (Å²) in [4.78, 5) is 12.2. The van der Waals surface area contributed by atoms with Crippen LogP contribution in [0, 0.1) is 11.8 Å². The minimum absolute atomic E-state index is 0.0612. The fraction of sp³-hybridized carbons (Fsp3) is 0.611. The van der Waals surface area contributed by atoms with Crippen molar-refractivity contribution in [3.8, 4) is 0 Å². The van der Waals surface area contributed by atoms with Gasteiger partial charge in [-0.2, -0.15) is 0 Å². The van der Waals surface area contributed by atoms with Crippen molar-refractivity contribution in [2.75, 3.05) is 0 Å². The second-order valence-electron chi connectivity index (χ2n) is 6.79. The van der Waals surface area contributed by atoms with Crippen LogP contribution in [0.25, 0.3) is 0 Å². The van der Waals surface area contributed by atoms with Crippen LogP contribution in [-0.2, 0) is 11.2 Å². The van der Waals surface area contributed by atoms with Gasteiger partial charge in [0.1, 0.15) is 6.10 Å². The Kier molecular flexibility index (Phi) is 7.56. The van der Waals surface area contributed by atoms with Crippen molar-refractivity contribution in [1.29, 1.82) is 0 Å². The molecule has 1 amide bonds. The van der Waals surface area contributed by atoms with Gasteiger partial charge in [0.25, 0.3) is 5.91 Å². The van der Waals surface area contributed by atoms with Gasteiger partial charge in [-0.05, 0) is 30.2 Å². The molecule has 4 heteroatoms. The van der Waals surface area contributed by atoms with Crippen LogP contribution in [0.2, 0.25) is 0 Å². The number of aliphatic hydroxyl groups is 1. The Morgan fingerprint density at radius 2 is 1.77 bits per heavy atom. The number of carbonyl (C=O) groups is 1. The highest BCUT2D eigenvalue weighted by Crippen LogP contribution is 2.13. The maximum atomic E-state index is 12.2. The van der Waals surface area contributed by atoms with E-state index in [0.717, 1.165) is 12.0 Å².